The highest BCUT2D eigenvalue weighted by atomic mass is 32.2. The summed E-state index contributed by atoms with van der Waals surface area (Å²) in [6.07, 6.45) is 1.49. The van der Waals surface area contributed by atoms with E-state index < -0.39 is 26.6 Å². The van der Waals surface area contributed by atoms with E-state index in [1.165, 1.54) is 6.26 Å². The Morgan fingerprint density at radius 3 is 2.61 bits per heavy atom. The van der Waals surface area contributed by atoms with Crippen LogP contribution in [0.4, 0.5) is 10.1 Å². The van der Waals surface area contributed by atoms with E-state index in [1.807, 2.05) is 0 Å². The minimum Gasteiger partial charge on any atom is -0.396 e. The Hall–Kier alpha value is -0.990. The summed E-state index contributed by atoms with van der Waals surface area (Å²) in [7, 11) is -4.88. The summed E-state index contributed by atoms with van der Waals surface area (Å²) in [5, 5.41) is -0.308. The Morgan fingerprint density at radius 2 is 2.11 bits per heavy atom. The van der Waals surface area contributed by atoms with Crippen LogP contribution in [-0.4, -0.2) is 30.7 Å². The molecule has 0 radical (unpaired) electrons. The zero-order valence-electron chi connectivity index (χ0n) is 10.0. The normalized spacial score (nSPS) is 15.3. The average molecular weight is 294 g/mol. The van der Waals surface area contributed by atoms with Crippen molar-refractivity contribution >= 4 is 26.5 Å². The first-order valence-electron chi connectivity index (χ1n) is 5.11. The van der Waals surface area contributed by atoms with Gasteiger partial charge in [0.15, 0.2) is 0 Å². The monoisotopic (exact) mass is 294 g/mol. The molecule has 102 valence electrons. The minimum absolute atomic E-state index is 0.0444. The quantitative estimate of drug-likeness (QED) is 0.772. The van der Waals surface area contributed by atoms with Crippen LogP contribution in [0.15, 0.2) is 23.1 Å². The van der Waals surface area contributed by atoms with Crippen LogP contribution in [0.3, 0.4) is 0 Å². The summed E-state index contributed by atoms with van der Waals surface area (Å²) in [5.74, 6) is -0.669. The van der Waals surface area contributed by atoms with Crippen LogP contribution in [0.5, 0.6) is 0 Å². The molecule has 1 aromatic carbocycles. The zero-order valence-corrected chi connectivity index (χ0v) is 11.6. The molecule has 18 heavy (non-hydrogen) atoms. The molecular formula is C10H15FN2O3S2. The van der Waals surface area contributed by atoms with Crippen molar-refractivity contribution in [1.29, 1.82) is 0 Å². The lowest BCUT2D eigenvalue weighted by atomic mass is 10.3. The zero-order chi connectivity index (χ0) is 13.9. The largest absolute Gasteiger partial charge is 0.396 e. The second-order valence-corrected chi connectivity index (χ2v) is 7.41. The van der Waals surface area contributed by atoms with Crippen LogP contribution in [0.25, 0.3) is 0 Å². The van der Waals surface area contributed by atoms with E-state index in [2.05, 4.69) is 4.72 Å². The molecule has 0 bridgehead atoms. The molecule has 0 aliphatic carbocycles. The molecule has 0 aliphatic heterocycles. The molecule has 3 N–H and O–H groups in total. The Balaban J connectivity index is 2.87. The standard InChI is InChI=1S/C10H15FN2O3S2/c1-7(17(2)14)6-13-18(15,16)8-3-4-9(11)10(12)5-8/h3-5,7,13H,6,12H2,1-2H3. The molecule has 2 unspecified atom stereocenters. The van der Waals surface area contributed by atoms with E-state index in [1.54, 1.807) is 6.92 Å². The van der Waals surface area contributed by atoms with Gasteiger partial charge in [0.2, 0.25) is 10.0 Å². The van der Waals surface area contributed by atoms with Gasteiger partial charge in [-0.2, -0.15) is 0 Å². The first kappa shape index (κ1) is 15.1. The van der Waals surface area contributed by atoms with Crippen molar-refractivity contribution in [3.05, 3.63) is 24.0 Å². The van der Waals surface area contributed by atoms with Crippen molar-refractivity contribution in [3.8, 4) is 0 Å². The number of nitrogens with two attached hydrogens (primary N) is 1. The van der Waals surface area contributed by atoms with Crippen LogP contribution in [0.1, 0.15) is 6.92 Å². The lowest BCUT2D eigenvalue weighted by Gasteiger charge is -2.11. The highest BCUT2D eigenvalue weighted by molar-refractivity contribution is 7.89. The number of hydrogen-bond donors (Lipinski definition) is 2. The van der Waals surface area contributed by atoms with E-state index in [0.29, 0.717) is 0 Å². The van der Waals surface area contributed by atoms with E-state index in [4.69, 9.17) is 5.73 Å². The lowest BCUT2D eigenvalue weighted by Crippen LogP contribution is -2.32. The SMILES string of the molecule is CC(CNS(=O)(=O)c1ccc(F)c(N)c1)S(C)=O. The first-order valence-corrected chi connectivity index (χ1v) is 8.21. The van der Waals surface area contributed by atoms with Crippen molar-refractivity contribution < 1.29 is 17.0 Å². The molecule has 0 heterocycles. The van der Waals surface area contributed by atoms with Gasteiger partial charge in [-0.1, -0.05) is 0 Å². The van der Waals surface area contributed by atoms with Crippen molar-refractivity contribution in [1.82, 2.24) is 4.72 Å². The molecule has 0 aromatic heterocycles. The third-order valence-electron chi connectivity index (χ3n) is 2.41. The fourth-order valence-corrected chi connectivity index (χ4v) is 2.71. The number of sulfonamides is 1. The van der Waals surface area contributed by atoms with Crippen molar-refractivity contribution in [2.45, 2.75) is 17.1 Å². The molecule has 0 aliphatic rings. The topological polar surface area (TPSA) is 89.3 Å². The summed E-state index contributed by atoms with van der Waals surface area (Å²) in [6.45, 7) is 1.71. The number of rotatable bonds is 5. The number of anilines is 1. The maximum atomic E-state index is 12.9. The third-order valence-corrected chi connectivity index (χ3v) is 5.13. The number of nitrogens with one attached hydrogen (secondary N) is 1. The molecular weight excluding hydrogens is 279 g/mol. The second kappa shape index (κ2) is 5.77. The van der Waals surface area contributed by atoms with E-state index in [0.717, 1.165) is 18.2 Å². The van der Waals surface area contributed by atoms with Crippen LogP contribution in [0.2, 0.25) is 0 Å². The third kappa shape index (κ3) is 3.76. The fraction of sp³-hybridized carbons (Fsp3) is 0.400. The summed E-state index contributed by atoms with van der Waals surface area (Å²) in [4.78, 5) is -0.115. The van der Waals surface area contributed by atoms with Crippen molar-refractivity contribution in [2.75, 3.05) is 18.5 Å². The first-order chi connectivity index (χ1) is 8.24. The van der Waals surface area contributed by atoms with E-state index in [9.17, 15) is 17.0 Å². The van der Waals surface area contributed by atoms with Gasteiger partial charge < -0.3 is 5.73 Å². The van der Waals surface area contributed by atoms with Crippen LogP contribution in [-0.2, 0) is 20.8 Å². The molecule has 0 fully saturated rings. The molecule has 2 atom stereocenters. The highest BCUT2D eigenvalue weighted by Gasteiger charge is 2.17. The summed E-state index contributed by atoms with van der Waals surface area (Å²) < 4.78 is 50.0. The molecule has 1 aromatic rings. The summed E-state index contributed by atoms with van der Waals surface area (Å²) in [5.41, 5.74) is 5.07. The number of hydrogen-bond acceptors (Lipinski definition) is 4. The number of nitrogen functional groups attached to an aromatic ring is 1. The maximum Gasteiger partial charge on any atom is 0.240 e. The summed E-state index contributed by atoms with van der Waals surface area (Å²) in [6, 6.07) is 3.16. The van der Waals surface area contributed by atoms with E-state index >= 15 is 0 Å². The highest BCUT2D eigenvalue weighted by Crippen LogP contribution is 2.16. The van der Waals surface area contributed by atoms with Gasteiger partial charge in [0.05, 0.1) is 10.6 Å². The van der Waals surface area contributed by atoms with Gasteiger partial charge >= 0.3 is 0 Å². The lowest BCUT2D eigenvalue weighted by molar-refractivity contribution is 0.580. The predicted molar refractivity (Wildman–Crippen MR) is 69.5 cm³/mol. The Bertz CT molecular complexity index is 560. The van der Waals surface area contributed by atoms with Gasteiger partial charge in [-0.3, -0.25) is 4.21 Å². The molecule has 5 nitrogen and oxygen atoms in total. The molecule has 0 saturated carbocycles. The van der Waals surface area contributed by atoms with Gasteiger partial charge in [0.1, 0.15) is 5.82 Å². The van der Waals surface area contributed by atoms with Gasteiger partial charge in [0, 0.05) is 28.9 Å². The maximum absolute atomic E-state index is 12.9. The van der Waals surface area contributed by atoms with Gasteiger partial charge in [0.25, 0.3) is 0 Å². The average Bonchev–Trinajstić information content (AvgIpc) is 2.29. The van der Waals surface area contributed by atoms with Gasteiger partial charge in [-0.15, -0.1) is 0 Å². The molecule has 0 spiro atoms. The minimum atomic E-state index is -3.76. The number of benzene rings is 1. The fourth-order valence-electron chi connectivity index (χ4n) is 1.12. The molecule has 8 heteroatoms. The Labute approximate surface area is 108 Å². The van der Waals surface area contributed by atoms with Crippen molar-refractivity contribution in [2.24, 2.45) is 0 Å². The predicted octanol–water partition coefficient (Wildman–Crippen LogP) is 0.453. The van der Waals surface area contributed by atoms with Crippen LogP contribution >= 0.6 is 0 Å². The Morgan fingerprint density at radius 1 is 1.50 bits per heavy atom. The van der Waals surface area contributed by atoms with Gasteiger partial charge in [-0.05, 0) is 25.1 Å². The molecule has 1 rings (SSSR count). The van der Waals surface area contributed by atoms with Gasteiger partial charge in [-0.25, -0.2) is 17.5 Å². The van der Waals surface area contributed by atoms with Crippen molar-refractivity contribution in [3.63, 3.8) is 0 Å². The van der Waals surface area contributed by atoms with Crippen LogP contribution < -0.4 is 10.5 Å². The molecule has 0 amide bonds. The Kier molecular flexibility index (Phi) is 4.83. The van der Waals surface area contributed by atoms with E-state index in [-0.39, 0.29) is 22.4 Å². The number of halogens is 1. The smallest absolute Gasteiger partial charge is 0.240 e. The molecule has 0 saturated heterocycles. The summed E-state index contributed by atoms with van der Waals surface area (Å²) >= 11 is 0. The van der Waals surface area contributed by atoms with Crippen LogP contribution in [0, 0.1) is 5.82 Å². The second-order valence-electron chi connectivity index (χ2n) is 3.84.